The zero-order chi connectivity index (χ0) is 42.4. The summed E-state index contributed by atoms with van der Waals surface area (Å²) in [6.07, 6.45) is 23.4. The molecule has 2 heterocycles. The van der Waals surface area contributed by atoms with E-state index in [4.69, 9.17) is 28.8 Å². The van der Waals surface area contributed by atoms with Gasteiger partial charge in [-0.05, 0) is 36.7 Å². The Morgan fingerprint density at radius 3 is 1.88 bits per heavy atom. The maximum atomic E-state index is 13.0. The third-order valence-electron chi connectivity index (χ3n) is 10.3. The van der Waals surface area contributed by atoms with Crippen LogP contribution in [0.1, 0.15) is 186 Å². The van der Waals surface area contributed by atoms with Gasteiger partial charge < -0.3 is 24.2 Å². The van der Waals surface area contributed by atoms with Crippen LogP contribution in [0.5, 0.6) is 5.88 Å². The molecule has 0 aromatic carbocycles. The maximum absolute atomic E-state index is 13.0. The topological polar surface area (TPSA) is 224 Å². The molecule has 1 saturated heterocycles. The van der Waals surface area contributed by atoms with Crippen LogP contribution >= 0.6 is 7.82 Å². The van der Waals surface area contributed by atoms with Crippen molar-refractivity contribution in [3.8, 4) is 5.88 Å². The average Bonchev–Trinajstić information content (AvgIpc) is 3.60. The molecule has 1 aromatic rings. The molecule has 0 spiro atoms. The molecule has 1 aromatic heterocycles. The third-order valence-corrected chi connectivity index (χ3v) is 11.3. The second-order valence-corrected chi connectivity index (χ2v) is 16.9. The van der Waals surface area contributed by atoms with Crippen molar-refractivity contribution >= 4 is 19.8 Å². The van der Waals surface area contributed by atoms with Crippen molar-refractivity contribution in [1.29, 1.82) is 0 Å². The number of phosphoric ester groups is 1. The van der Waals surface area contributed by atoms with Crippen LogP contribution in [0.2, 0.25) is 0 Å². The van der Waals surface area contributed by atoms with Gasteiger partial charge in [-0.1, -0.05) is 147 Å². The summed E-state index contributed by atoms with van der Waals surface area (Å²) in [7, 11) is -4.81. The monoisotopic (exact) mass is 863 g/mol. The normalized spacial score (nSPS) is 17.7. The van der Waals surface area contributed by atoms with E-state index in [1.54, 1.807) is 0 Å². The Hall–Kier alpha value is -2.00. The molecular formula is C41H71N5NaO11P. The molecule has 1 aliphatic heterocycles. The molecule has 0 radical (unpaired) electrons. The summed E-state index contributed by atoms with van der Waals surface area (Å²) in [6, 6.07) is -0.891. The number of rotatable bonds is 35. The van der Waals surface area contributed by atoms with Gasteiger partial charge in [0, 0.05) is 30.4 Å². The predicted molar refractivity (Wildman–Crippen MR) is 219 cm³/mol. The summed E-state index contributed by atoms with van der Waals surface area (Å²) in [5, 5.41) is 15.4. The molecule has 1 unspecified atom stereocenters. The fourth-order valence-corrected chi connectivity index (χ4v) is 7.61. The van der Waals surface area contributed by atoms with Crippen molar-refractivity contribution in [2.24, 2.45) is 5.11 Å². The summed E-state index contributed by atoms with van der Waals surface area (Å²) in [4.78, 5) is 54.5. The van der Waals surface area contributed by atoms with Crippen LogP contribution < -0.4 is 40.4 Å². The zero-order valence-corrected chi connectivity index (χ0v) is 39.3. The molecule has 18 heteroatoms. The van der Waals surface area contributed by atoms with Crippen LogP contribution in [0, 0.1) is 6.92 Å². The van der Waals surface area contributed by atoms with E-state index in [2.05, 4.69) is 28.9 Å². The first-order valence-corrected chi connectivity index (χ1v) is 23.4. The molecular weight excluding hydrogens is 792 g/mol. The summed E-state index contributed by atoms with van der Waals surface area (Å²) >= 11 is 0. The van der Waals surface area contributed by atoms with Gasteiger partial charge in [-0.2, -0.15) is 0 Å². The number of nitrogens with zero attached hydrogens (tertiary/aromatic N) is 5. The van der Waals surface area contributed by atoms with Crippen molar-refractivity contribution < 1.29 is 77.0 Å². The first kappa shape index (κ1) is 55.0. The Balaban J connectivity index is 0.0000174. The number of carbonyl (C=O) groups excluding carboxylic acids is 2. The largest absolute Gasteiger partial charge is 1.00 e. The van der Waals surface area contributed by atoms with Crippen LogP contribution in [0.25, 0.3) is 10.4 Å². The van der Waals surface area contributed by atoms with Gasteiger partial charge in [0.25, 0.3) is 0 Å². The predicted octanol–water partition coefficient (Wildman–Crippen LogP) is 6.59. The SMILES string of the molecule is CCCCCCCCCCCCCC(=O)OC[C@H](COP(=O)(O)OC[C@H]1O[C@@H](n2cc(C)c([O-])nc2=O)C[C@@H]1N=[N+]=[N-])OC(=O)CCCCCCCCCCCCC.[Na+]. The number of aryl methyl sites for hydroxylation is 1. The molecule has 1 N–H and O–H groups in total. The molecule has 0 aliphatic carbocycles. The van der Waals surface area contributed by atoms with Crippen molar-refractivity contribution in [3.05, 3.63) is 32.7 Å². The molecule has 0 amide bonds. The Labute approximate surface area is 373 Å². The first-order chi connectivity index (χ1) is 28.0. The zero-order valence-electron chi connectivity index (χ0n) is 36.4. The number of hydrogen-bond acceptors (Lipinski definition) is 12. The maximum Gasteiger partial charge on any atom is 1.00 e. The van der Waals surface area contributed by atoms with Gasteiger partial charge in [0.15, 0.2) is 6.10 Å². The Morgan fingerprint density at radius 2 is 1.37 bits per heavy atom. The number of esters is 2. The van der Waals surface area contributed by atoms with Crippen LogP contribution in [-0.4, -0.2) is 64.5 Å². The minimum atomic E-state index is -4.81. The number of unbranched alkanes of at least 4 members (excludes halogenated alkanes) is 20. The second kappa shape index (κ2) is 33.6. The number of aromatic nitrogens is 2. The van der Waals surface area contributed by atoms with Crippen LogP contribution in [-0.2, 0) is 37.4 Å². The Kier molecular flexibility index (Phi) is 31.3. The van der Waals surface area contributed by atoms with E-state index in [1.165, 1.54) is 103 Å². The molecule has 1 fully saturated rings. The van der Waals surface area contributed by atoms with Crippen LogP contribution in [0.15, 0.2) is 16.1 Å². The Morgan fingerprint density at radius 1 is 0.881 bits per heavy atom. The van der Waals surface area contributed by atoms with E-state index in [0.717, 1.165) is 43.1 Å². The molecule has 16 nitrogen and oxygen atoms in total. The molecule has 59 heavy (non-hydrogen) atoms. The molecule has 0 saturated carbocycles. The van der Waals surface area contributed by atoms with E-state index in [0.29, 0.717) is 12.8 Å². The van der Waals surface area contributed by atoms with Gasteiger partial charge in [0.05, 0.1) is 25.4 Å². The van der Waals surface area contributed by atoms with Crippen molar-refractivity contribution in [2.75, 3.05) is 19.8 Å². The Bertz CT molecular complexity index is 1460. The molecule has 1 aliphatic rings. The van der Waals surface area contributed by atoms with Gasteiger partial charge in [0.2, 0.25) is 0 Å². The molecule has 5 atom stereocenters. The smallest absolute Gasteiger partial charge is 0.858 e. The second-order valence-electron chi connectivity index (χ2n) is 15.5. The van der Waals surface area contributed by atoms with Gasteiger partial charge >= 0.3 is 55.0 Å². The van der Waals surface area contributed by atoms with Crippen molar-refractivity contribution in [1.82, 2.24) is 9.55 Å². The van der Waals surface area contributed by atoms with E-state index in [1.807, 2.05) is 0 Å². The standard InChI is InChI=1S/C41H72N5O11P.Na/c1-4-6-8-10-12-14-16-18-20-22-24-26-38(47)53-30-34(56-39(48)27-25-23-21-19-17-15-13-11-9-7-5-2)31-54-58(51,52)55-32-36-35(44-45-42)28-37(57-36)46-29-33(3)40(49)43-41(46)50;/h29,34-37H,4-28,30-32H2,1-3H3,(H,51,52)(H,43,49,50);/q;+1/p-1/t34-,35+,36-,37-;/m1./s1. The van der Waals surface area contributed by atoms with Crippen LogP contribution in [0.3, 0.4) is 0 Å². The fourth-order valence-electron chi connectivity index (χ4n) is 6.85. The van der Waals surface area contributed by atoms with E-state index in [-0.39, 0.29) is 61.0 Å². The average molecular weight is 864 g/mol. The quantitative estimate of drug-likeness (QED) is 0.0145. The number of azide groups is 1. The minimum Gasteiger partial charge on any atom is -0.858 e. The van der Waals surface area contributed by atoms with Crippen molar-refractivity contribution in [2.45, 2.75) is 206 Å². The van der Waals surface area contributed by atoms with Crippen molar-refractivity contribution in [3.63, 3.8) is 0 Å². The number of phosphoric acid groups is 1. The summed E-state index contributed by atoms with van der Waals surface area (Å²) in [5.74, 6) is -1.68. The van der Waals surface area contributed by atoms with Gasteiger partial charge in [-0.25, -0.2) is 14.3 Å². The summed E-state index contributed by atoms with van der Waals surface area (Å²) < 4.78 is 41.2. The molecule has 0 bridgehead atoms. The number of hydrogen-bond donors (Lipinski definition) is 1. The molecule has 2 rings (SSSR count). The summed E-state index contributed by atoms with van der Waals surface area (Å²) in [5.41, 5.74) is 8.42. The first-order valence-electron chi connectivity index (χ1n) is 21.9. The van der Waals surface area contributed by atoms with Crippen LogP contribution in [0.4, 0.5) is 0 Å². The van der Waals surface area contributed by atoms with Gasteiger partial charge in [0.1, 0.15) is 12.8 Å². The van der Waals surface area contributed by atoms with E-state index < -0.39 is 69.0 Å². The fraction of sp³-hybridized carbons (Fsp3) is 0.854. The minimum absolute atomic E-state index is 0. The van der Waals surface area contributed by atoms with Gasteiger partial charge in [-0.15, -0.1) is 0 Å². The molecule has 332 valence electrons. The number of carbonyl (C=O) groups is 2. The van der Waals surface area contributed by atoms with E-state index >= 15 is 0 Å². The summed E-state index contributed by atoms with van der Waals surface area (Å²) in [6.45, 7) is 4.38. The van der Waals surface area contributed by atoms with E-state index in [9.17, 15) is 28.9 Å². The number of ether oxygens (including phenoxy) is 3. The van der Waals surface area contributed by atoms with Gasteiger partial charge in [-0.3, -0.25) is 23.2 Å². The third kappa shape index (κ3) is 25.5.